The van der Waals surface area contributed by atoms with E-state index in [2.05, 4.69) is 5.10 Å². The van der Waals surface area contributed by atoms with E-state index in [1.54, 1.807) is 18.4 Å². The molecule has 0 fully saturated rings. The predicted molar refractivity (Wildman–Crippen MR) is 87.9 cm³/mol. The standard InChI is InChI=1S/C15H16N2O3S2/c1-20-12-6-3-5-11(9-12)13-10-14(15-7-4-8-21-15)17(16-13)22(2,18)19/h3-9,14H,10H2,1-2H3/t14-/m0/s1. The van der Waals surface area contributed by atoms with Gasteiger partial charge in [-0.25, -0.2) is 8.42 Å². The van der Waals surface area contributed by atoms with Crippen LogP contribution in [-0.4, -0.2) is 31.9 Å². The van der Waals surface area contributed by atoms with Crippen molar-refractivity contribution in [2.45, 2.75) is 12.5 Å². The Morgan fingerprint density at radius 3 is 2.77 bits per heavy atom. The summed E-state index contributed by atoms with van der Waals surface area (Å²) in [6, 6.07) is 11.1. The van der Waals surface area contributed by atoms with Gasteiger partial charge in [-0.15, -0.1) is 11.3 Å². The molecule has 1 aliphatic rings. The highest BCUT2D eigenvalue weighted by Crippen LogP contribution is 2.36. The Morgan fingerprint density at radius 2 is 2.14 bits per heavy atom. The molecule has 116 valence electrons. The highest BCUT2D eigenvalue weighted by molar-refractivity contribution is 7.88. The fourth-order valence-electron chi connectivity index (χ4n) is 2.46. The maximum absolute atomic E-state index is 12.0. The Labute approximate surface area is 133 Å². The van der Waals surface area contributed by atoms with Gasteiger partial charge < -0.3 is 4.74 Å². The lowest BCUT2D eigenvalue weighted by molar-refractivity contribution is 0.379. The normalized spacial score (nSPS) is 18.4. The van der Waals surface area contributed by atoms with Gasteiger partial charge in [0.25, 0.3) is 0 Å². The average Bonchev–Trinajstić information content (AvgIpc) is 3.15. The Morgan fingerprint density at radius 1 is 1.32 bits per heavy atom. The molecule has 0 aliphatic carbocycles. The van der Waals surface area contributed by atoms with Crippen LogP contribution in [0.1, 0.15) is 22.9 Å². The van der Waals surface area contributed by atoms with E-state index in [1.165, 1.54) is 10.7 Å². The summed E-state index contributed by atoms with van der Waals surface area (Å²) in [6.45, 7) is 0. The number of hydrazone groups is 1. The third kappa shape index (κ3) is 2.86. The molecular weight excluding hydrogens is 320 g/mol. The molecule has 0 saturated heterocycles. The first-order valence-corrected chi connectivity index (χ1v) is 9.46. The Kier molecular flexibility index (Phi) is 3.92. The van der Waals surface area contributed by atoms with Gasteiger partial charge in [-0.05, 0) is 23.6 Å². The Bertz CT molecular complexity index is 798. The van der Waals surface area contributed by atoms with E-state index < -0.39 is 10.0 Å². The van der Waals surface area contributed by atoms with E-state index in [1.807, 2.05) is 41.8 Å². The molecule has 5 nitrogen and oxygen atoms in total. The van der Waals surface area contributed by atoms with Crippen LogP contribution in [0.15, 0.2) is 46.9 Å². The fourth-order valence-corrected chi connectivity index (χ4v) is 4.24. The van der Waals surface area contributed by atoms with Gasteiger partial charge in [0, 0.05) is 16.9 Å². The Hall–Kier alpha value is -1.86. The lowest BCUT2D eigenvalue weighted by atomic mass is 10.0. The van der Waals surface area contributed by atoms with Crippen LogP contribution < -0.4 is 4.74 Å². The number of methoxy groups -OCH3 is 1. The molecule has 0 unspecified atom stereocenters. The van der Waals surface area contributed by atoms with Crippen LogP contribution in [-0.2, 0) is 10.0 Å². The molecule has 0 amide bonds. The van der Waals surface area contributed by atoms with Crippen LogP contribution in [0.4, 0.5) is 0 Å². The van der Waals surface area contributed by atoms with E-state index in [4.69, 9.17) is 4.74 Å². The molecule has 0 spiro atoms. The molecule has 1 aliphatic heterocycles. The van der Waals surface area contributed by atoms with Crippen LogP contribution in [0.25, 0.3) is 0 Å². The fraction of sp³-hybridized carbons (Fsp3) is 0.267. The van der Waals surface area contributed by atoms with Crippen molar-refractivity contribution in [3.8, 4) is 5.75 Å². The summed E-state index contributed by atoms with van der Waals surface area (Å²) >= 11 is 1.54. The second-order valence-electron chi connectivity index (χ2n) is 5.05. The zero-order chi connectivity index (χ0) is 15.7. The molecule has 0 radical (unpaired) electrons. The zero-order valence-corrected chi connectivity index (χ0v) is 13.9. The van der Waals surface area contributed by atoms with E-state index in [9.17, 15) is 8.42 Å². The first-order chi connectivity index (χ1) is 10.5. The van der Waals surface area contributed by atoms with E-state index >= 15 is 0 Å². The molecule has 1 aromatic heterocycles. The van der Waals surface area contributed by atoms with Crippen LogP contribution in [0.3, 0.4) is 0 Å². The van der Waals surface area contributed by atoms with E-state index in [0.717, 1.165) is 21.9 Å². The minimum atomic E-state index is -3.41. The van der Waals surface area contributed by atoms with Gasteiger partial charge in [0.2, 0.25) is 10.0 Å². The first kappa shape index (κ1) is 15.1. The van der Waals surface area contributed by atoms with E-state index in [-0.39, 0.29) is 6.04 Å². The van der Waals surface area contributed by atoms with Crippen LogP contribution in [0.5, 0.6) is 5.75 Å². The number of hydrogen-bond donors (Lipinski definition) is 0. The average molecular weight is 336 g/mol. The van der Waals surface area contributed by atoms with Crippen LogP contribution >= 0.6 is 11.3 Å². The van der Waals surface area contributed by atoms with Gasteiger partial charge >= 0.3 is 0 Å². The Balaban J connectivity index is 2.00. The third-order valence-corrected chi connectivity index (χ3v) is 5.48. The number of hydrogen-bond acceptors (Lipinski definition) is 5. The molecule has 0 N–H and O–H groups in total. The highest BCUT2D eigenvalue weighted by atomic mass is 32.2. The summed E-state index contributed by atoms with van der Waals surface area (Å²) in [4.78, 5) is 0.993. The van der Waals surface area contributed by atoms with E-state index in [0.29, 0.717) is 6.42 Å². The third-order valence-electron chi connectivity index (χ3n) is 3.49. The molecule has 3 rings (SSSR count). The van der Waals surface area contributed by atoms with Gasteiger partial charge in [0.05, 0.1) is 19.1 Å². The quantitative estimate of drug-likeness (QED) is 0.862. The summed E-state index contributed by atoms with van der Waals surface area (Å²) < 4.78 is 30.5. The predicted octanol–water partition coefficient (Wildman–Crippen LogP) is 2.87. The van der Waals surface area contributed by atoms with Crippen molar-refractivity contribution in [1.29, 1.82) is 0 Å². The number of ether oxygens (including phenoxy) is 1. The van der Waals surface area contributed by atoms with Crippen molar-refractivity contribution < 1.29 is 13.2 Å². The van der Waals surface area contributed by atoms with Crippen LogP contribution in [0.2, 0.25) is 0 Å². The summed E-state index contributed by atoms with van der Waals surface area (Å²) in [5, 5.41) is 6.30. The highest BCUT2D eigenvalue weighted by Gasteiger charge is 2.35. The number of nitrogens with zero attached hydrogens (tertiary/aromatic N) is 2. The molecular formula is C15H16N2O3S2. The molecule has 1 atom stereocenters. The minimum absolute atomic E-state index is 0.267. The summed E-state index contributed by atoms with van der Waals surface area (Å²) in [6.07, 6.45) is 1.74. The monoisotopic (exact) mass is 336 g/mol. The largest absolute Gasteiger partial charge is 0.497 e. The topological polar surface area (TPSA) is 59.0 Å². The van der Waals surface area contributed by atoms with Gasteiger partial charge in [0.15, 0.2) is 0 Å². The molecule has 2 heterocycles. The van der Waals surface area contributed by atoms with Crippen molar-refractivity contribution in [3.63, 3.8) is 0 Å². The molecule has 2 aromatic rings. The molecule has 22 heavy (non-hydrogen) atoms. The van der Waals surface area contributed by atoms with Gasteiger partial charge in [-0.3, -0.25) is 0 Å². The lowest BCUT2D eigenvalue weighted by Gasteiger charge is -2.19. The minimum Gasteiger partial charge on any atom is -0.497 e. The second-order valence-corrected chi connectivity index (χ2v) is 7.87. The van der Waals surface area contributed by atoms with Crippen LogP contribution in [0, 0.1) is 0 Å². The smallest absolute Gasteiger partial charge is 0.247 e. The molecule has 7 heteroatoms. The number of rotatable bonds is 4. The number of sulfonamides is 1. The lowest BCUT2D eigenvalue weighted by Crippen LogP contribution is -2.25. The SMILES string of the molecule is COc1cccc(C2=NN(S(C)(=O)=O)[C@H](c3cccs3)C2)c1. The van der Waals surface area contributed by atoms with Crippen molar-refractivity contribution in [1.82, 2.24) is 4.41 Å². The summed E-state index contributed by atoms with van der Waals surface area (Å²) in [7, 11) is -1.81. The maximum atomic E-state index is 12.0. The van der Waals surface area contributed by atoms with Gasteiger partial charge in [-0.1, -0.05) is 18.2 Å². The zero-order valence-electron chi connectivity index (χ0n) is 12.3. The summed E-state index contributed by atoms with van der Waals surface area (Å²) in [5.41, 5.74) is 1.63. The first-order valence-electron chi connectivity index (χ1n) is 6.74. The van der Waals surface area contributed by atoms with Crippen molar-refractivity contribution >= 4 is 27.1 Å². The van der Waals surface area contributed by atoms with Gasteiger partial charge in [0.1, 0.15) is 11.8 Å². The van der Waals surface area contributed by atoms with Crippen molar-refractivity contribution in [3.05, 3.63) is 52.2 Å². The molecule has 0 saturated carbocycles. The summed E-state index contributed by atoms with van der Waals surface area (Å²) in [5.74, 6) is 0.727. The van der Waals surface area contributed by atoms with Crippen molar-refractivity contribution in [2.75, 3.05) is 13.4 Å². The molecule has 0 bridgehead atoms. The van der Waals surface area contributed by atoms with Crippen molar-refractivity contribution in [2.24, 2.45) is 5.10 Å². The molecule has 1 aromatic carbocycles. The number of benzene rings is 1. The second kappa shape index (κ2) is 5.73. The number of thiophene rings is 1. The maximum Gasteiger partial charge on any atom is 0.247 e. The van der Waals surface area contributed by atoms with Gasteiger partial charge in [-0.2, -0.15) is 9.52 Å².